The van der Waals surface area contributed by atoms with Crippen LogP contribution in [0.25, 0.3) is 0 Å². The molecule has 0 amide bonds. The van der Waals surface area contributed by atoms with E-state index in [0.717, 1.165) is 28.2 Å². The summed E-state index contributed by atoms with van der Waals surface area (Å²) in [6, 6.07) is 9.96. The predicted octanol–water partition coefficient (Wildman–Crippen LogP) is 3.63. The zero-order valence-electron chi connectivity index (χ0n) is 17.1. The quantitative estimate of drug-likeness (QED) is 0.586. The minimum absolute atomic E-state index is 0.338. The molecule has 0 saturated heterocycles. The van der Waals surface area contributed by atoms with Crippen LogP contribution in [0.2, 0.25) is 0 Å². The second-order valence-corrected chi connectivity index (χ2v) is 7.29. The fourth-order valence-corrected chi connectivity index (χ4v) is 3.99. The van der Waals surface area contributed by atoms with Crippen molar-refractivity contribution in [1.82, 2.24) is 10.1 Å². The zero-order chi connectivity index (χ0) is 21.3. The van der Waals surface area contributed by atoms with Gasteiger partial charge >= 0.3 is 0 Å². The van der Waals surface area contributed by atoms with Crippen molar-refractivity contribution < 1.29 is 4.52 Å². The maximum atomic E-state index is 5.37. The third kappa shape index (κ3) is 3.20. The minimum Gasteiger partial charge on any atom is -0.388 e. The van der Waals surface area contributed by atoms with Crippen LogP contribution in [-0.4, -0.2) is 36.0 Å². The van der Waals surface area contributed by atoms with Crippen molar-refractivity contribution in [3.63, 3.8) is 0 Å². The highest BCUT2D eigenvalue weighted by Crippen LogP contribution is 2.46. The summed E-state index contributed by atoms with van der Waals surface area (Å²) < 4.78 is 5.37. The first-order valence-electron chi connectivity index (χ1n) is 9.92. The number of anilines is 4. The first-order chi connectivity index (χ1) is 15.2. The van der Waals surface area contributed by atoms with E-state index in [1.165, 1.54) is 0 Å². The molecule has 2 aliphatic rings. The smallest absolute Gasteiger partial charge is 0.235 e. The summed E-state index contributed by atoms with van der Waals surface area (Å²) in [6.45, 7) is 2.05. The Morgan fingerprint density at radius 1 is 1.16 bits per heavy atom. The largest absolute Gasteiger partial charge is 0.388 e. The Kier molecular flexibility index (Phi) is 4.62. The summed E-state index contributed by atoms with van der Waals surface area (Å²) in [7, 11) is 1.90. The third-order valence-corrected chi connectivity index (χ3v) is 5.50. The van der Waals surface area contributed by atoms with E-state index in [9.17, 15) is 0 Å². The number of aromatic nitrogens is 2. The van der Waals surface area contributed by atoms with Crippen molar-refractivity contribution >= 4 is 35.5 Å². The van der Waals surface area contributed by atoms with Gasteiger partial charge < -0.3 is 25.4 Å². The second-order valence-electron chi connectivity index (χ2n) is 7.29. The summed E-state index contributed by atoms with van der Waals surface area (Å²) in [5, 5.41) is 13.9. The lowest BCUT2D eigenvalue weighted by molar-refractivity contribution is 0.432. The monoisotopic (exact) mass is 414 g/mol. The lowest BCUT2D eigenvalue weighted by Crippen LogP contribution is -2.38. The number of rotatable bonds is 5. The molecule has 2 aromatic heterocycles. The molecule has 2 atom stereocenters. The molecule has 0 saturated carbocycles. The van der Waals surface area contributed by atoms with Crippen LogP contribution in [0.3, 0.4) is 0 Å². The molecule has 0 aliphatic carbocycles. The Morgan fingerprint density at radius 2 is 2.00 bits per heavy atom. The van der Waals surface area contributed by atoms with Gasteiger partial charge in [-0.15, -0.1) is 0 Å². The average Bonchev–Trinajstić information content (AvgIpc) is 3.30. The lowest BCUT2D eigenvalue weighted by atomic mass is 9.83. The van der Waals surface area contributed by atoms with Gasteiger partial charge in [-0.25, -0.2) is 4.99 Å². The number of hydrogen-bond donors (Lipinski definition) is 3. The normalized spacial score (nSPS) is 21.5. The van der Waals surface area contributed by atoms with E-state index in [0.29, 0.717) is 5.88 Å². The van der Waals surface area contributed by atoms with Gasteiger partial charge in [-0.3, -0.25) is 9.98 Å². The van der Waals surface area contributed by atoms with Crippen LogP contribution in [0.5, 0.6) is 0 Å². The Labute approximate surface area is 179 Å². The number of pyridine rings is 1. The molecule has 0 bridgehead atoms. The molecule has 9 heteroatoms. The number of allylic oxidation sites excluding steroid dienone is 1. The molecule has 31 heavy (non-hydrogen) atoms. The number of benzene rings is 1. The second kappa shape index (κ2) is 7.60. The van der Waals surface area contributed by atoms with Crippen LogP contribution in [-0.2, 0) is 5.54 Å². The average molecular weight is 414 g/mol. The van der Waals surface area contributed by atoms with E-state index < -0.39 is 5.54 Å². The number of aliphatic imine (C=N–C) groups is 2. The first kappa shape index (κ1) is 18.9. The van der Waals surface area contributed by atoms with Gasteiger partial charge in [0.05, 0.1) is 18.1 Å². The van der Waals surface area contributed by atoms with Gasteiger partial charge in [-0.2, -0.15) is 0 Å². The lowest BCUT2D eigenvalue weighted by Gasteiger charge is -2.35. The van der Waals surface area contributed by atoms with Crippen molar-refractivity contribution in [3.8, 4) is 0 Å². The fraction of sp³-hybridized carbons (Fsp3) is 0.182. The van der Waals surface area contributed by atoms with Crippen molar-refractivity contribution in [2.75, 3.05) is 27.9 Å². The van der Waals surface area contributed by atoms with E-state index in [1.54, 1.807) is 31.1 Å². The van der Waals surface area contributed by atoms with Gasteiger partial charge in [-0.1, -0.05) is 11.2 Å². The van der Waals surface area contributed by atoms with Crippen LogP contribution in [0.1, 0.15) is 18.1 Å². The SMILES string of the molecule is CNc1cccc(NC2N=CC=CN2c2ccncc2)c1C1(C)N=CNc2oncc21. The Morgan fingerprint density at radius 3 is 2.84 bits per heavy atom. The molecule has 0 fully saturated rings. The van der Waals surface area contributed by atoms with E-state index >= 15 is 0 Å². The molecule has 9 nitrogen and oxygen atoms in total. The topological polar surface area (TPSA) is 103 Å². The molecule has 5 rings (SSSR count). The molecule has 3 N–H and O–H groups in total. The summed E-state index contributed by atoms with van der Waals surface area (Å²) in [6.07, 6.45) is 12.2. The van der Waals surface area contributed by atoms with Crippen LogP contribution < -0.4 is 20.9 Å². The maximum Gasteiger partial charge on any atom is 0.235 e. The van der Waals surface area contributed by atoms with Crippen LogP contribution >= 0.6 is 0 Å². The van der Waals surface area contributed by atoms with E-state index in [2.05, 4.69) is 36.0 Å². The van der Waals surface area contributed by atoms with E-state index in [4.69, 9.17) is 9.52 Å². The minimum atomic E-state index is -0.710. The Bertz CT molecular complexity index is 1170. The molecule has 0 spiro atoms. The highest BCUT2D eigenvalue weighted by atomic mass is 16.5. The first-order valence-corrected chi connectivity index (χ1v) is 9.92. The van der Waals surface area contributed by atoms with Gasteiger partial charge in [0.1, 0.15) is 5.54 Å². The molecular weight excluding hydrogens is 392 g/mol. The van der Waals surface area contributed by atoms with Gasteiger partial charge in [0, 0.05) is 54.5 Å². The number of fused-ring (bicyclic) bond motifs is 1. The van der Waals surface area contributed by atoms with Crippen molar-refractivity contribution in [2.45, 2.75) is 18.8 Å². The fourth-order valence-electron chi connectivity index (χ4n) is 3.99. The van der Waals surface area contributed by atoms with Crippen molar-refractivity contribution in [2.24, 2.45) is 9.98 Å². The van der Waals surface area contributed by atoms with Gasteiger partial charge in [-0.05, 0) is 37.3 Å². The Balaban J connectivity index is 1.58. The Hall–Kier alpha value is -4.14. The molecule has 1 aromatic carbocycles. The molecular formula is C22H22N8O. The molecule has 3 aromatic rings. The zero-order valence-corrected chi connectivity index (χ0v) is 17.1. The summed E-state index contributed by atoms with van der Waals surface area (Å²) in [4.78, 5) is 15.6. The van der Waals surface area contributed by atoms with Crippen molar-refractivity contribution in [1.29, 1.82) is 0 Å². The van der Waals surface area contributed by atoms with E-state index in [1.807, 2.05) is 56.6 Å². The number of nitrogens with zero attached hydrogens (tertiary/aromatic N) is 5. The molecule has 4 heterocycles. The van der Waals surface area contributed by atoms with Crippen molar-refractivity contribution in [3.05, 3.63) is 72.3 Å². The molecule has 0 radical (unpaired) electrons. The third-order valence-electron chi connectivity index (χ3n) is 5.50. The number of hydrogen-bond acceptors (Lipinski definition) is 9. The standard InChI is InChI=1S/C22H22N8O/c1-22(16-13-28-31-20(16)26-14-27-22)19-17(23-2)5-3-6-18(19)29-21-25-9-4-12-30(21)15-7-10-24-11-8-15/h3-14,21,23,29H,1-2H3,(H,26,27). The number of nitrogens with one attached hydrogen (secondary N) is 3. The van der Waals surface area contributed by atoms with Gasteiger partial charge in [0.15, 0.2) is 6.29 Å². The van der Waals surface area contributed by atoms with Gasteiger partial charge in [0.2, 0.25) is 5.88 Å². The molecule has 156 valence electrons. The highest BCUT2D eigenvalue weighted by molar-refractivity contribution is 5.82. The summed E-state index contributed by atoms with van der Waals surface area (Å²) in [5.74, 6) is 0.589. The van der Waals surface area contributed by atoms with E-state index in [-0.39, 0.29) is 6.29 Å². The molecule has 2 unspecified atom stereocenters. The summed E-state index contributed by atoms with van der Waals surface area (Å²) >= 11 is 0. The molecule has 2 aliphatic heterocycles. The van der Waals surface area contributed by atoms with Crippen LogP contribution in [0.15, 0.2) is 75.7 Å². The maximum absolute atomic E-state index is 5.37. The predicted molar refractivity (Wildman–Crippen MR) is 123 cm³/mol. The van der Waals surface area contributed by atoms with Gasteiger partial charge in [0.25, 0.3) is 0 Å². The van der Waals surface area contributed by atoms with Crippen LogP contribution in [0.4, 0.5) is 22.9 Å². The van der Waals surface area contributed by atoms with Crippen LogP contribution in [0, 0.1) is 0 Å². The summed E-state index contributed by atoms with van der Waals surface area (Å²) in [5.41, 5.74) is 3.96. The highest BCUT2D eigenvalue weighted by Gasteiger charge is 2.39.